The normalized spacial score (nSPS) is 9.27. The fraction of sp³-hybridized carbons (Fsp3) is 0. The molecule has 0 bridgehead atoms. The fourth-order valence-electron chi connectivity index (χ4n) is 0.672. The van der Waals surface area contributed by atoms with E-state index in [0.29, 0.717) is 5.69 Å². The Morgan fingerprint density at radius 1 is 1.55 bits per heavy atom. The first-order chi connectivity index (χ1) is 5.24. The van der Waals surface area contributed by atoms with Gasteiger partial charge in [0.1, 0.15) is 5.82 Å². The van der Waals surface area contributed by atoms with Crippen LogP contribution in [0.2, 0.25) is 0 Å². The molecule has 0 aliphatic rings. The summed E-state index contributed by atoms with van der Waals surface area (Å²) >= 11 is 7.79. The molecule has 58 valence electrons. The van der Waals surface area contributed by atoms with Gasteiger partial charge in [0, 0.05) is 4.47 Å². The summed E-state index contributed by atoms with van der Waals surface area (Å²) in [6.45, 7) is 0. The Kier molecular flexibility index (Phi) is 2.96. The summed E-state index contributed by atoms with van der Waals surface area (Å²) in [5.74, 6) is -0.285. The zero-order valence-electron chi connectivity index (χ0n) is 5.47. The standard InChI is InChI=1S/C7H5BrFNS/c8-6-2-1-5(9)3-7(6)10-4-11/h1-4H,(H,10,11). The molecule has 0 atom stereocenters. The van der Waals surface area contributed by atoms with Gasteiger partial charge in [0.25, 0.3) is 0 Å². The predicted octanol–water partition coefficient (Wildman–Crippen LogP) is 2.96. The Hall–Kier alpha value is -0.480. The molecule has 0 saturated heterocycles. The zero-order valence-corrected chi connectivity index (χ0v) is 7.88. The van der Waals surface area contributed by atoms with Crippen molar-refractivity contribution >= 4 is 39.3 Å². The molecule has 0 aliphatic heterocycles. The average molecular weight is 234 g/mol. The molecule has 0 aliphatic carbocycles. The number of thiocarbonyl (C=S) groups is 1. The van der Waals surface area contributed by atoms with Gasteiger partial charge in [0.2, 0.25) is 0 Å². The van der Waals surface area contributed by atoms with Gasteiger partial charge in [-0.3, -0.25) is 0 Å². The molecule has 1 nitrogen and oxygen atoms in total. The number of anilines is 1. The second kappa shape index (κ2) is 3.78. The van der Waals surface area contributed by atoms with Crippen molar-refractivity contribution in [2.45, 2.75) is 0 Å². The molecular weight excluding hydrogens is 229 g/mol. The third-order valence-electron chi connectivity index (χ3n) is 1.14. The molecule has 11 heavy (non-hydrogen) atoms. The van der Waals surface area contributed by atoms with Crippen LogP contribution in [0.5, 0.6) is 0 Å². The highest BCUT2D eigenvalue weighted by atomic mass is 79.9. The second-order valence-electron chi connectivity index (χ2n) is 1.89. The molecule has 0 spiro atoms. The molecule has 1 rings (SSSR count). The first kappa shape index (κ1) is 8.62. The third-order valence-corrected chi connectivity index (χ3v) is 1.95. The van der Waals surface area contributed by atoms with Crippen LogP contribution in [0.25, 0.3) is 0 Å². The summed E-state index contributed by atoms with van der Waals surface area (Å²) in [5, 5.41) is 2.72. The Labute approximate surface area is 77.7 Å². The molecule has 0 aromatic heterocycles. The predicted molar refractivity (Wildman–Crippen MR) is 51.4 cm³/mol. The number of hydrogen-bond acceptors (Lipinski definition) is 1. The summed E-state index contributed by atoms with van der Waals surface area (Å²) in [7, 11) is 0. The molecule has 1 aromatic carbocycles. The molecule has 0 amide bonds. The van der Waals surface area contributed by atoms with Crippen LogP contribution in [-0.2, 0) is 0 Å². The van der Waals surface area contributed by atoms with Gasteiger partial charge >= 0.3 is 0 Å². The van der Waals surface area contributed by atoms with Gasteiger partial charge < -0.3 is 5.32 Å². The molecule has 0 radical (unpaired) electrons. The minimum atomic E-state index is -0.285. The molecule has 0 unspecified atom stereocenters. The summed E-state index contributed by atoms with van der Waals surface area (Å²) < 4.78 is 13.4. The van der Waals surface area contributed by atoms with Gasteiger partial charge in [-0.15, -0.1) is 0 Å². The number of rotatable bonds is 2. The van der Waals surface area contributed by atoms with Crippen LogP contribution >= 0.6 is 28.1 Å². The maximum Gasteiger partial charge on any atom is 0.125 e. The largest absolute Gasteiger partial charge is 0.352 e. The van der Waals surface area contributed by atoms with E-state index in [9.17, 15) is 4.39 Å². The van der Waals surface area contributed by atoms with Gasteiger partial charge in [-0.25, -0.2) is 4.39 Å². The Balaban J connectivity index is 3.01. The summed E-state index contributed by atoms with van der Waals surface area (Å²) in [6, 6.07) is 4.36. The number of hydrogen-bond donors (Lipinski definition) is 1. The summed E-state index contributed by atoms with van der Waals surface area (Å²) in [4.78, 5) is 0. The molecule has 1 aromatic rings. The van der Waals surface area contributed by atoms with Gasteiger partial charge in [0.05, 0.1) is 11.2 Å². The van der Waals surface area contributed by atoms with E-state index in [0.717, 1.165) is 4.47 Å². The van der Waals surface area contributed by atoms with Crippen LogP contribution < -0.4 is 5.32 Å². The van der Waals surface area contributed by atoms with E-state index < -0.39 is 0 Å². The SMILES string of the molecule is Fc1ccc(Br)c(NC=S)c1. The van der Waals surface area contributed by atoms with E-state index >= 15 is 0 Å². The van der Waals surface area contributed by atoms with Crippen molar-refractivity contribution < 1.29 is 4.39 Å². The summed E-state index contributed by atoms with van der Waals surface area (Å²) in [5.41, 5.74) is 1.97. The molecular formula is C7H5BrFNS. The highest BCUT2D eigenvalue weighted by Gasteiger charge is 1.98. The molecule has 0 heterocycles. The maximum atomic E-state index is 12.6. The van der Waals surface area contributed by atoms with Crippen LogP contribution in [0.4, 0.5) is 10.1 Å². The third kappa shape index (κ3) is 2.24. The maximum absolute atomic E-state index is 12.6. The van der Waals surface area contributed by atoms with Crippen LogP contribution in [0.1, 0.15) is 0 Å². The molecule has 0 fully saturated rings. The number of nitrogens with one attached hydrogen (secondary N) is 1. The van der Waals surface area contributed by atoms with Crippen molar-refractivity contribution in [3.8, 4) is 0 Å². The quantitative estimate of drug-likeness (QED) is 0.789. The van der Waals surface area contributed by atoms with Crippen molar-refractivity contribution in [2.24, 2.45) is 0 Å². The monoisotopic (exact) mass is 233 g/mol. The first-order valence-electron chi connectivity index (χ1n) is 2.89. The smallest absolute Gasteiger partial charge is 0.125 e. The molecule has 4 heteroatoms. The minimum Gasteiger partial charge on any atom is -0.352 e. The van der Waals surface area contributed by atoms with Crippen molar-refractivity contribution in [3.05, 3.63) is 28.5 Å². The van der Waals surface area contributed by atoms with E-state index in [-0.39, 0.29) is 5.82 Å². The lowest BCUT2D eigenvalue weighted by molar-refractivity contribution is 0.628. The van der Waals surface area contributed by atoms with Crippen LogP contribution in [0, 0.1) is 5.82 Å². The lowest BCUT2D eigenvalue weighted by atomic mass is 10.3. The Bertz CT molecular complexity index is 277. The lowest BCUT2D eigenvalue weighted by Crippen LogP contribution is -1.93. The van der Waals surface area contributed by atoms with E-state index in [4.69, 9.17) is 0 Å². The van der Waals surface area contributed by atoms with Crippen molar-refractivity contribution in [1.29, 1.82) is 0 Å². The Morgan fingerprint density at radius 3 is 2.91 bits per heavy atom. The van der Waals surface area contributed by atoms with E-state index in [1.54, 1.807) is 6.07 Å². The first-order valence-corrected chi connectivity index (χ1v) is 4.15. The number of benzene rings is 1. The van der Waals surface area contributed by atoms with Crippen molar-refractivity contribution in [1.82, 2.24) is 0 Å². The van der Waals surface area contributed by atoms with Gasteiger partial charge in [-0.05, 0) is 34.1 Å². The van der Waals surface area contributed by atoms with E-state index in [2.05, 4.69) is 33.5 Å². The Morgan fingerprint density at radius 2 is 2.27 bits per heavy atom. The minimum absolute atomic E-state index is 0.285. The fourth-order valence-corrected chi connectivity index (χ4v) is 1.16. The highest BCUT2D eigenvalue weighted by molar-refractivity contribution is 9.10. The average Bonchev–Trinajstić information content (AvgIpc) is 1.98. The van der Waals surface area contributed by atoms with Gasteiger partial charge in [0.15, 0.2) is 0 Å². The van der Waals surface area contributed by atoms with E-state index in [1.165, 1.54) is 17.6 Å². The highest BCUT2D eigenvalue weighted by Crippen LogP contribution is 2.22. The molecule has 0 saturated carbocycles. The van der Waals surface area contributed by atoms with Crippen LogP contribution in [0.3, 0.4) is 0 Å². The zero-order chi connectivity index (χ0) is 8.27. The van der Waals surface area contributed by atoms with E-state index in [1.807, 2.05) is 0 Å². The summed E-state index contributed by atoms with van der Waals surface area (Å²) in [6.07, 6.45) is 0. The van der Waals surface area contributed by atoms with Crippen molar-refractivity contribution in [2.75, 3.05) is 5.32 Å². The van der Waals surface area contributed by atoms with Crippen LogP contribution in [0.15, 0.2) is 22.7 Å². The number of halogens is 2. The van der Waals surface area contributed by atoms with Crippen LogP contribution in [-0.4, -0.2) is 5.49 Å². The topological polar surface area (TPSA) is 12.0 Å². The molecule has 1 N–H and O–H groups in total. The van der Waals surface area contributed by atoms with Gasteiger partial charge in [-0.2, -0.15) is 0 Å². The second-order valence-corrected chi connectivity index (χ2v) is 2.98. The van der Waals surface area contributed by atoms with Crippen molar-refractivity contribution in [3.63, 3.8) is 0 Å². The van der Waals surface area contributed by atoms with Gasteiger partial charge in [-0.1, -0.05) is 12.2 Å². The lowest BCUT2D eigenvalue weighted by Gasteiger charge is -2.01.